The van der Waals surface area contributed by atoms with E-state index in [4.69, 9.17) is 5.11 Å². The normalized spacial score (nSPS) is 10.2. The molecule has 0 aliphatic heterocycles. The summed E-state index contributed by atoms with van der Waals surface area (Å²) in [7, 11) is 3.29. The van der Waals surface area contributed by atoms with Crippen LogP contribution >= 0.6 is 0 Å². The Labute approximate surface area is 148 Å². The zero-order valence-corrected chi connectivity index (χ0v) is 14.1. The lowest BCUT2D eigenvalue weighted by atomic mass is 10.1. The predicted octanol–water partition coefficient (Wildman–Crippen LogP) is 2.25. The summed E-state index contributed by atoms with van der Waals surface area (Å²) >= 11 is 0. The molecule has 0 aromatic heterocycles. The quantitative estimate of drug-likeness (QED) is 0.409. The third-order valence-corrected chi connectivity index (χ3v) is 3.58. The number of nitro groups is 1. The fourth-order valence-corrected chi connectivity index (χ4v) is 2.35. The van der Waals surface area contributed by atoms with E-state index in [-0.39, 0.29) is 29.1 Å². The standard InChI is InChI=1S/C17H17N3O6/c1-19(2)13-5-4-11(9-14(13)20(25)26)17(24)18-12-7-10(8-16(22)23)3-6-15(12)21/h3-7,9,21H,8H2,1-2H3,(H,18,24)(H,22,23). The molecule has 1 amide bonds. The zero-order valence-electron chi connectivity index (χ0n) is 14.1. The number of nitrogens with one attached hydrogen (secondary N) is 1. The van der Waals surface area contributed by atoms with Gasteiger partial charge in [-0.05, 0) is 29.8 Å². The third-order valence-electron chi connectivity index (χ3n) is 3.58. The Kier molecular flexibility index (Phi) is 5.41. The Bertz CT molecular complexity index is 879. The first kappa shape index (κ1) is 18.7. The Morgan fingerprint density at radius 3 is 2.46 bits per heavy atom. The fraction of sp³-hybridized carbons (Fsp3) is 0.176. The van der Waals surface area contributed by atoms with Gasteiger partial charge in [0.25, 0.3) is 11.6 Å². The van der Waals surface area contributed by atoms with Crippen LogP contribution in [0.3, 0.4) is 0 Å². The van der Waals surface area contributed by atoms with Crippen molar-refractivity contribution in [3.63, 3.8) is 0 Å². The number of amides is 1. The highest BCUT2D eigenvalue weighted by Gasteiger charge is 2.19. The summed E-state index contributed by atoms with van der Waals surface area (Å²) in [5, 5.41) is 32.3. The van der Waals surface area contributed by atoms with Crippen LogP contribution in [0.25, 0.3) is 0 Å². The summed E-state index contributed by atoms with van der Waals surface area (Å²) in [6.45, 7) is 0. The molecule has 9 heteroatoms. The molecule has 0 spiro atoms. The fourth-order valence-electron chi connectivity index (χ4n) is 2.35. The number of carbonyl (C=O) groups excluding carboxylic acids is 1. The lowest BCUT2D eigenvalue weighted by Crippen LogP contribution is -2.15. The van der Waals surface area contributed by atoms with Gasteiger partial charge in [0.2, 0.25) is 0 Å². The van der Waals surface area contributed by atoms with Gasteiger partial charge < -0.3 is 20.4 Å². The summed E-state index contributed by atoms with van der Waals surface area (Å²) in [6, 6.07) is 8.05. The van der Waals surface area contributed by atoms with E-state index in [9.17, 15) is 24.8 Å². The molecule has 2 aromatic carbocycles. The van der Waals surface area contributed by atoms with Crippen molar-refractivity contribution in [1.29, 1.82) is 0 Å². The van der Waals surface area contributed by atoms with Crippen molar-refractivity contribution < 1.29 is 24.7 Å². The molecule has 0 saturated carbocycles. The van der Waals surface area contributed by atoms with E-state index >= 15 is 0 Å². The van der Waals surface area contributed by atoms with Crippen LogP contribution < -0.4 is 10.2 Å². The highest BCUT2D eigenvalue weighted by atomic mass is 16.6. The van der Waals surface area contributed by atoms with Crippen LogP contribution in [0.15, 0.2) is 36.4 Å². The van der Waals surface area contributed by atoms with Gasteiger partial charge in [-0.25, -0.2) is 0 Å². The number of benzene rings is 2. The highest BCUT2D eigenvalue weighted by Crippen LogP contribution is 2.29. The van der Waals surface area contributed by atoms with Crippen LogP contribution in [0.2, 0.25) is 0 Å². The number of nitro benzene ring substituents is 1. The number of aliphatic carboxylic acids is 1. The van der Waals surface area contributed by atoms with Crippen molar-refractivity contribution in [2.45, 2.75) is 6.42 Å². The molecule has 9 nitrogen and oxygen atoms in total. The Balaban J connectivity index is 2.32. The first-order valence-electron chi connectivity index (χ1n) is 7.50. The molecule has 0 unspecified atom stereocenters. The molecule has 0 radical (unpaired) electrons. The van der Waals surface area contributed by atoms with Crippen molar-refractivity contribution in [2.24, 2.45) is 0 Å². The Morgan fingerprint density at radius 2 is 1.88 bits per heavy atom. The molecule has 2 aromatic rings. The van der Waals surface area contributed by atoms with Gasteiger partial charge in [0, 0.05) is 25.7 Å². The second kappa shape index (κ2) is 7.51. The van der Waals surface area contributed by atoms with Gasteiger partial charge in [-0.2, -0.15) is 0 Å². The highest BCUT2D eigenvalue weighted by molar-refractivity contribution is 6.05. The Morgan fingerprint density at radius 1 is 1.19 bits per heavy atom. The molecule has 0 aliphatic carbocycles. The van der Waals surface area contributed by atoms with E-state index in [2.05, 4.69) is 5.32 Å². The molecule has 136 valence electrons. The number of carboxylic acids is 1. The number of hydrogen-bond donors (Lipinski definition) is 3. The van der Waals surface area contributed by atoms with Gasteiger partial charge >= 0.3 is 5.97 Å². The largest absolute Gasteiger partial charge is 0.506 e. The van der Waals surface area contributed by atoms with E-state index in [0.717, 1.165) is 6.07 Å². The molecule has 2 rings (SSSR count). The molecule has 0 aliphatic rings. The third kappa shape index (κ3) is 4.26. The monoisotopic (exact) mass is 359 g/mol. The minimum Gasteiger partial charge on any atom is -0.506 e. The van der Waals surface area contributed by atoms with Gasteiger partial charge in [0.05, 0.1) is 17.0 Å². The van der Waals surface area contributed by atoms with Crippen molar-refractivity contribution in [3.8, 4) is 5.75 Å². The number of phenols is 1. The maximum atomic E-state index is 12.4. The number of carboxylic acid groups (broad SMARTS) is 1. The Hall–Kier alpha value is -3.62. The predicted molar refractivity (Wildman–Crippen MR) is 94.8 cm³/mol. The van der Waals surface area contributed by atoms with Gasteiger partial charge in [0.15, 0.2) is 0 Å². The summed E-state index contributed by atoms with van der Waals surface area (Å²) < 4.78 is 0. The molecule has 26 heavy (non-hydrogen) atoms. The number of rotatable bonds is 6. The molecule has 0 bridgehead atoms. The second-order valence-corrected chi connectivity index (χ2v) is 5.73. The van der Waals surface area contributed by atoms with Crippen LogP contribution in [0, 0.1) is 10.1 Å². The number of phenolic OH excluding ortho intramolecular Hbond substituents is 1. The van der Waals surface area contributed by atoms with Crippen LogP contribution in [0.4, 0.5) is 17.1 Å². The average molecular weight is 359 g/mol. The molecule has 0 fully saturated rings. The number of anilines is 2. The number of carbonyl (C=O) groups is 2. The van der Waals surface area contributed by atoms with Crippen LogP contribution in [-0.4, -0.2) is 41.1 Å². The summed E-state index contributed by atoms with van der Waals surface area (Å²) in [4.78, 5) is 35.3. The molecular formula is C17H17N3O6. The van der Waals surface area contributed by atoms with Gasteiger partial charge in [0.1, 0.15) is 11.4 Å². The van der Waals surface area contributed by atoms with Crippen LogP contribution in [-0.2, 0) is 11.2 Å². The van der Waals surface area contributed by atoms with E-state index in [1.54, 1.807) is 19.0 Å². The van der Waals surface area contributed by atoms with Gasteiger partial charge in [-0.1, -0.05) is 6.07 Å². The van der Waals surface area contributed by atoms with Crippen molar-refractivity contribution in [3.05, 3.63) is 57.6 Å². The second-order valence-electron chi connectivity index (χ2n) is 5.73. The maximum absolute atomic E-state index is 12.4. The zero-order chi connectivity index (χ0) is 19.4. The smallest absolute Gasteiger partial charge is 0.307 e. The topological polar surface area (TPSA) is 133 Å². The summed E-state index contributed by atoms with van der Waals surface area (Å²) in [5.74, 6) is -1.96. The average Bonchev–Trinajstić information content (AvgIpc) is 2.56. The minimum atomic E-state index is -1.05. The molecule has 0 atom stereocenters. The minimum absolute atomic E-state index is 0.0214. The van der Waals surface area contributed by atoms with Crippen molar-refractivity contribution >= 4 is 28.9 Å². The summed E-state index contributed by atoms with van der Waals surface area (Å²) in [6.07, 6.45) is -0.272. The van der Waals surface area contributed by atoms with Crippen LogP contribution in [0.5, 0.6) is 5.75 Å². The first-order chi connectivity index (χ1) is 12.2. The number of aromatic hydroxyl groups is 1. The number of nitrogens with zero attached hydrogens (tertiary/aromatic N) is 2. The molecule has 0 heterocycles. The lowest BCUT2D eigenvalue weighted by molar-refractivity contribution is -0.384. The van der Waals surface area contributed by atoms with E-state index in [1.807, 2.05) is 0 Å². The first-order valence-corrected chi connectivity index (χ1v) is 7.50. The van der Waals surface area contributed by atoms with Crippen LogP contribution in [0.1, 0.15) is 15.9 Å². The van der Waals surface area contributed by atoms with Gasteiger partial charge in [-0.3, -0.25) is 19.7 Å². The van der Waals surface area contributed by atoms with Gasteiger partial charge in [-0.15, -0.1) is 0 Å². The maximum Gasteiger partial charge on any atom is 0.307 e. The lowest BCUT2D eigenvalue weighted by Gasteiger charge is -2.14. The molecule has 3 N–H and O–H groups in total. The van der Waals surface area contributed by atoms with Crippen molar-refractivity contribution in [1.82, 2.24) is 0 Å². The van der Waals surface area contributed by atoms with E-state index in [0.29, 0.717) is 11.3 Å². The molecular weight excluding hydrogens is 342 g/mol. The molecule has 0 saturated heterocycles. The summed E-state index contributed by atoms with van der Waals surface area (Å²) in [5.41, 5.74) is 0.558. The van der Waals surface area contributed by atoms with Crippen molar-refractivity contribution in [2.75, 3.05) is 24.3 Å². The van der Waals surface area contributed by atoms with E-state index in [1.165, 1.54) is 30.3 Å². The SMILES string of the molecule is CN(C)c1ccc(C(=O)Nc2cc(CC(=O)O)ccc2O)cc1[N+](=O)[O-]. The number of hydrogen-bond acceptors (Lipinski definition) is 6. The van der Waals surface area contributed by atoms with E-state index < -0.39 is 16.8 Å².